The topological polar surface area (TPSA) is 24.9 Å². The highest BCUT2D eigenvalue weighted by Crippen LogP contribution is 2.29. The molecule has 2 aromatic rings. The monoisotopic (exact) mass is 360 g/mol. The van der Waals surface area contributed by atoms with E-state index in [0.717, 1.165) is 14.8 Å². The highest BCUT2D eigenvalue weighted by Gasteiger charge is 2.09. The van der Waals surface area contributed by atoms with Gasteiger partial charge in [-0.1, -0.05) is 0 Å². The van der Waals surface area contributed by atoms with Crippen molar-refractivity contribution < 1.29 is 0 Å². The summed E-state index contributed by atoms with van der Waals surface area (Å²) >= 11 is 8.62. The SMILES string of the molecule is CC(Nc1cccnc1Br)c1cc(Br)cs1. The predicted molar refractivity (Wildman–Crippen MR) is 76.0 cm³/mol. The van der Waals surface area contributed by atoms with Crippen molar-refractivity contribution in [2.45, 2.75) is 13.0 Å². The van der Waals surface area contributed by atoms with Crippen molar-refractivity contribution in [1.82, 2.24) is 4.98 Å². The van der Waals surface area contributed by atoms with Gasteiger partial charge in [0.25, 0.3) is 0 Å². The first-order valence-electron chi connectivity index (χ1n) is 4.78. The average Bonchev–Trinajstić information content (AvgIpc) is 2.68. The molecule has 16 heavy (non-hydrogen) atoms. The third-order valence-corrected chi connectivity index (χ3v) is 4.65. The molecule has 1 atom stereocenters. The van der Waals surface area contributed by atoms with Gasteiger partial charge in [-0.05, 0) is 57.0 Å². The van der Waals surface area contributed by atoms with E-state index in [4.69, 9.17) is 0 Å². The van der Waals surface area contributed by atoms with Gasteiger partial charge in [0.05, 0.1) is 11.7 Å². The summed E-state index contributed by atoms with van der Waals surface area (Å²) in [6.45, 7) is 2.14. The van der Waals surface area contributed by atoms with Crippen LogP contribution in [0.2, 0.25) is 0 Å². The fraction of sp³-hybridized carbons (Fsp3) is 0.182. The fourth-order valence-corrected chi connectivity index (χ4v) is 3.17. The first kappa shape index (κ1) is 12.1. The molecular formula is C11H10Br2N2S. The third kappa shape index (κ3) is 2.84. The number of pyridine rings is 1. The third-order valence-electron chi connectivity index (χ3n) is 2.15. The lowest BCUT2D eigenvalue weighted by Gasteiger charge is -2.14. The van der Waals surface area contributed by atoms with Crippen LogP contribution in [0, 0.1) is 0 Å². The van der Waals surface area contributed by atoms with E-state index in [9.17, 15) is 0 Å². The minimum Gasteiger partial charge on any atom is -0.376 e. The minimum atomic E-state index is 0.275. The Morgan fingerprint density at radius 2 is 2.25 bits per heavy atom. The van der Waals surface area contributed by atoms with Crippen molar-refractivity contribution in [2.75, 3.05) is 5.32 Å². The maximum absolute atomic E-state index is 4.18. The van der Waals surface area contributed by atoms with Gasteiger partial charge in [0.2, 0.25) is 0 Å². The highest BCUT2D eigenvalue weighted by molar-refractivity contribution is 9.10. The van der Waals surface area contributed by atoms with Gasteiger partial charge in [0.15, 0.2) is 0 Å². The zero-order valence-corrected chi connectivity index (χ0v) is 12.6. The summed E-state index contributed by atoms with van der Waals surface area (Å²) in [6.07, 6.45) is 1.77. The van der Waals surface area contributed by atoms with Gasteiger partial charge in [-0.25, -0.2) is 4.98 Å². The summed E-state index contributed by atoms with van der Waals surface area (Å²) in [4.78, 5) is 5.47. The molecule has 0 aromatic carbocycles. The number of anilines is 1. The highest BCUT2D eigenvalue weighted by atomic mass is 79.9. The van der Waals surface area contributed by atoms with Crippen molar-refractivity contribution >= 4 is 48.9 Å². The molecule has 0 aliphatic rings. The van der Waals surface area contributed by atoms with Crippen molar-refractivity contribution in [3.63, 3.8) is 0 Å². The maximum atomic E-state index is 4.18. The number of nitrogens with one attached hydrogen (secondary N) is 1. The fourth-order valence-electron chi connectivity index (χ4n) is 1.35. The van der Waals surface area contributed by atoms with Crippen LogP contribution in [0.3, 0.4) is 0 Å². The van der Waals surface area contributed by atoms with Gasteiger partial charge >= 0.3 is 0 Å². The molecule has 0 aliphatic carbocycles. The Kier molecular flexibility index (Phi) is 4.00. The second-order valence-corrected chi connectivity index (χ2v) is 5.98. The van der Waals surface area contributed by atoms with Crippen LogP contribution in [0.1, 0.15) is 17.8 Å². The molecule has 2 aromatic heterocycles. The van der Waals surface area contributed by atoms with Crippen LogP contribution in [0.15, 0.2) is 38.9 Å². The molecule has 5 heteroatoms. The van der Waals surface area contributed by atoms with E-state index < -0.39 is 0 Å². The summed E-state index contributed by atoms with van der Waals surface area (Å²) in [6, 6.07) is 6.34. The Morgan fingerprint density at radius 1 is 1.44 bits per heavy atom. The molecule has 0 amide bonds. The predicted octanol–water partition coefficient (Wildman–Crippen LogP) is 4.84. The van der Waals surface area contributed by atoms with Crippen LogP contribution >= 0.6 is 43.2 Å². The Hall–Kier alpha value is -0.390. The quantitative estimate of drug-likeness (QED) is 0.791. The van der Waals surface area contributed by atoms with Gasteiger partial charge in [-0.3, -0.25) is 0 Å². The largest absolute Gasteiger partial charge is 0.376 e. The summed E-state index contributed by atoms with van der Waals surface area (Å²) < 4.78 is 1.98. The van der Waals surface area contributed by atoms with Crippen molar-refractivity contribution in [1.29, 1.82) is 0 Å². The molecular weight excluding hydrogens is 352 g/mol. The Morgan fingerprint density at radius 3 is 2.88 bits per heavy atom. The van der Waals surface area contributed by atoms with Gasteiger partial charge in [-0.2, -0.15) is 0 Å². The molecule has 0 spiro atoms. The maximum Gasteiger partial charge on any atom is 0.129 e. The number of rotatable bonds is 3. The summed E-state index contributed by atoms with van der Waals surface area (Å²) in [5, 5.41) is 5.51. The Labute approximate surface area is 115 Å². The first-order valence-corrected chi connectivity index (χ1v) is 7.24. The van der Waals surface area contributed by atoms with E-state index in [-0.39, 0.29) is 6.04 Å². The lowest BCUT2D eigenvalue weighted by Crippen LogP contribution is -2.05. The molecule has 0 aliphatic heterocycles. The second kappa shape index (κ2) is 5.29. The molecule has 1 unspecified atom stereocenters. The van der Waals surface area contributed by atoms with Gasteiger partial charge in [0.1, 0.15) is 4.60 Å². The van der Waals surface area contributed by atoms with Gasteiger partial charge < -0.3 is 5.32 Å². The van der Waals surface area contributed by atoms with Crippen LogP contribution in [-0.2, 0) is 0 Å². The molecule has 1 N–H and O–H groups in total. The number of hydrogen-bond donors (Lipinski definition) is 1. The van der Waals surface area contributed by atoms with Crippen LogP contribution < -0.4 is 5.32 Å². The van der Waals surface area contributed by atoms with E-state index >= 15 is 0 Å². The molecule has 2 heterocycles. The molecule has 0 bridgehead atoms. The molecule has 0 saturated heterocycles. The Bertz CT molecular complexity index is 484. The van der Waals surface area contributed by atoms with Crippen LogP contribution in [0.4, 0.5) is 5.69 Å². The number of nitrogens with zero attached hydrogens (tertiary/aromatic N) is 1. The van der Waals surface area contributed by atoms with E-state index in [0.29, 0.717) is 0 Å². The second-order valence-electron chi connectivity index (χ2n) is 3.38. The number of thiophene rings is 1. The van der Waals surface area contributed by atoms with Crippen molar-refractivity contribution in [3.8, 4) is 0 Å². The van der Waals surface area contributed by atoms with Crippen LogP contribution in [0.25, 0.3) is 0 Å². The van der Waals surface area contributed by atoms with Crippen molar-refractivity contribution in [3.05, 3.63) is 43.7 Å². The van der Waals surface area contributed by atoms with E-state index in [2.05, 4.69) is 60.5 Å². The van der Waals surface area contributed by atoms with E-state index in [1.807, 2.05) is 12.1 Å². The zero-order valence-electron chi connectivity index (χ0n) is 8.58. The minimum absolute atomic E-state index is 0.275. The number of hydrogen-bond acceptors (Lipinski definition) is 3. The van der Waals surface area contributed by atoms with E-state index in [1.54, 1.807) is 17.5 Å². The zero-order chi connectivity index (χ0) is 11.5. The normalized spacial score (nSPS) is 12.4. The van der Waals surface area contributed by atoms with E-state index in [1.165, 1.54) is 4.88 Å². The number of halogens is 2. The summed E-state index contributed by atoms with van der Waals surface area (Å²) in [5.41, 5.74) is 1.01. The average molecular weight is 362 g/mol. The van der Waals surface area contributed by atoms with Crippen molar-refractivity contribution in [2.24, 2.45) is 0 Å². The lowest BCUT2D eigenvalue weighted by atomic mass is 10.2. The first-order chi connectivity index (χ1) is 7.66. The molecule has 0 saturated carbocycles. The summed E-state index contributed by atoms with van der Waals surface area (Å²) in [7, 11) is 0. The van der Waals surface area contributed by atoms with Gasteiger partial charge in [0, 0.05) is 20.9 Å². The number of aromatic nitrogens is 1. The Balaban J connectivity index is 2.13. The molecule has 2 rings (SSSR count). The van der Waals surface area contributed by atoms with Crippen LogP contribution in [0.5, 0.6) is 0 Å². The molecule has 0 radical (unpaired) electrons. The molecule has 84 valence electrons. The molecule has 0 fully saturated rings. The standard InChI is InChI=1S/C11H10Br2N2S/c1-7(10-5-8(12)6-16-10)15-9-3-2-4-14-11(9)13/h2-7,15H,1H3. The smallest absolute Gasteiger partial charge is 0.129 e. The summed E-state index contributed by atoms with van der Waals surface area (Å²) in [5.74, 6) is 0. The molecule has 2 nitrogen and oxygen atoms in total. The van der Waals surface area contributed by atoms with Crippen LogP contribution in [-0.4, -0.2) is 4.98 Å². The van der Waals surface area contributed by atoms with Gasteiger partial charge in [-0.15, -0.1) is 11.3 Å². The lowest BCUT2D eigenvalue weighted by molar-refractivity contribution is 0.903.